The summed E-state index contributed by atoms with van der Waals surface area (Å²) in [4.78, 5) is 11.0. The van der Waals surface area contributed by atoms with E-state index in [0.717, 1.165) is 6.04 Å². The zero-order valence-electron chi connectivity index (χ0n) is 23.1. The van der Waals surface area contributed by atoms with Crippen molar-refractivity contribution in [2.45, 2.75) is 107 Å². The second-order valence-electron chi connectivity index (χ2n) is 11.4. The summed E-state index contributed by atoms with van der Waals surface area (Å²) < 4.78 is 29.5. The van der Waals surface area contributed by atoms with Crippen molar-refractivity contribution in [3.8, 4) is 11.5 Å². The Kier molecular flexibility index (Phi) is 11.3. The third kappa shape index (κ3) is 8.35. The van der Waals surface area contributed by atoms with Gasteiger partial charge in [-0.2, -0.15) is 0 Å². The molecule has 3 rings (SSSR count). The third-order valence-electron chi connectivity index (χ3n) is 6.98. The number of aliphatic hydroxyl groups excluding tert-OH is 5. The molecule has 0 radical (unpaired) electrons. The van der Waals surface area contributed by atoms with E-state index in [2.05, 4.69) is 19.6 Å². The molecule has 1 aromatic rings. The molecule has 2 fully saturated rings. The number of aryl methyl sites for hydroxylation is 1. The van der Waals surface area contributed by atoms with E-state index < -0.39 is 82.1 Å². The Balaban J connectivity index is 1.93. The van der Waals surface area contributed by atoms with Crippen LogP contribution in [0.1, 0.15) is 18.9 Å². The summed E-state index contributed by atoms with van der Waals surface area (Å²) in [7, 11) is -1.54. The Hall–Kier alpha value is -1.85. The molecular weight excluding hydrogens is 548 g/mol. The van der Waals surface area contributed by atoms with Gasteiger partial charge in [-0.15, -0.1) is 0 Å². The number of phenolic OH excluding ortho intramolecular Hbond substituents is 1. The lowest BCUT2D eigenvalue weighted by Crippen LogP contribution is -2.65. The predicted octanol–water partition coefficient (Wildman–Crippen LogP) is -0.198. The SMILES string of the molecule is C[C@H]1O[C@@H](O[C@@H]2[C@@H](OCC[Si](C)(C)C)[C@H](O)O[C@H](CO)[C@H]2Oc2ccc(O)c(CCC(=O)O)c2)[C@H](O)[C@@H](O)[C@H]1O. The fourth-order valence-electron chi connectivity index (χ4n) is 4.53. The molecule has 2 aliphatic rings. The molecule has 0 spiro atoms. The number of aliphatic carboxylic acids is 1. The second-order valence-corrected chi connectivity index (χ2v) is 17.1. The molecule has 0 aliphatic carbocycles. The molecule has 14 heteroatoms. The third-order valence-corrected chi connectivity index (χ3v) is 8.69. The molecule has 2 saturated heterocycles. The predicted molar refractivity (Wildman–Crippen MR) is 142 cm³/mol. The van der Waals surface area contributed by atoms with Crippen molar-refractivity contribution < 1.29 is 64.2 Å². The van der Waals surface area contributed by atoms with Crippen molar-refractivity contribution in [2.75, 3.05) is 13.2 Å². The number of phenols is 1. The Bertz CT molecular complexity index is 972. The lowest BCUT2D eigenvalue weighted by atomic mass is 9.96. The average molecular weight is 591 g/mol. The number of hydrogen-bond acceptors (Lipinski definition) is 12. The van der Waals surface area contributed by atoms with E-state index in [9.17, 15) is 35.4 Å². The molecule has 13 nitrogen and oxygen atoms in total. The van der Waals surface area contributed by atoms with Crippen LogP contribution in [-0.4, -0.2) is 124 Å². The van der Waals surface area contributed by atoms with E-state index in [1.165, 1.54) is 25.1 Å². The molecule has 40 heavy (non-hydrogen) atoms. The number of carbonyl (C=O) groups is 1. The molecule has 0 saturated carbocycles. The van der Waals surface area contributed by atoms with Gasteiger partial charge in [0.1, 0.15) is 48.1 Å². The largest absolute Gasteiger partial charge is 0.508 e. The molecule has 2 heterocycles. The number of ether oxygens (including phenoxy) is 5. The summed E-state index contributed by atoms with van der Waals surface area (Å²) in [6, 6.07) is 4.97. The number of aromatic hydroxyl groups is 1. The van der Waals surface area contributed by atoms with Crippen LogP contribution >= 0.6 is 0 Å². The highest BCUT2D eigenvalue weighted by Gasteiger charge is 2.52. The average Bonchev–Trinajstić information content (AvgIpc) is 2.88. The quantitative estimate of drug-likeness (QED) is 0.158. The smallest absolute Gasteiger partial charge is 0.303 e. The Labute approximate surface area is 233 Å². The molecule has 228 valence electrons. The van der Waals surface area contributed by atoms with Crippen LogP contribution in [-0.2, 0) is 30.2 Å². The van der Waals surface area contributed by atoms with Gasteiger partial charge in [-0.1, -0.05) is 19.6 Å². The highest BCUT2D eigenvalue weighted by atomic mass is 28.3. The Morgan fingerprint density at radius 1 is 1.00 bits per heavy atom. The van der Waals surface area contributed by atoms with Crippen molar-refractivity contribution in [1.29, 1.82) is 0 Å². The molecule has 0 aromatic heterocycles. The first-order valence-electron chi connectivity index (χ1n) is 13.3. The van der Waals surface area contributed by atoms with Gasteiger partial charge in [-0.3, -0.25) is 4.79 Å². The van der Waals surface area contributed by atoms with Crippen molar-refractivity contribution in [1.82, 2.24) is 0 Å². The number of benzene rings is 1. The summed E-state index contributed by atoms with van der Waals surface area (Å²) >= 11 is 0. The molecule has 0 unspecified atom stereocenters. The topological polar surface area (TPSA) is 205 Å². The minimum Gasteiger partial charge on any atom is -0.508 e. The van der Waals surface area contributed by atoms with Crippen LogP contribution in [0.3, 0.4) is 0 Å². The number of hydrogen-bond donors (Lipinski definition) is 7. The highest BCUT2D eigenvalue weighted by molar-refractivity contribution is 6.76. The number of carboxylic acid groups (broad SMARTS) is 1. The van der Waals surface area contributed by atoms with Crippen molar-refractivity contribution in [3.05, 3.63) is 23.8 Å². The van der Waals surface area contributed by atoms with E-state index >= 15 is 0 Å². The maximum absolute atomic E-state index is 11.0. The lowest BCUT2D eigenvalue weighted by Gasteiger charge is -2.47. The van der Waals surface area contributed by atoms with Crippen molar-refractivity contribution in [2.24, 2.45) is 0 Å². The van der Waals surface area contributed by atoms with Crippen molar-refractivity contribution >= 4 is 14.0 Å². The number of rotatable bonds is 12. The van der Waals surface area contributed by atoms with Gasteiger partial charge in [0, 0.05) is 21.1 Å². The molecule has 2 aliphatic heterocycles. The zero-order chi connectivity index (χ0) is 29.8. The highest BCUT2D eigenvalue weighted by Crippen LogP contribution is 2.34. The Morgan fingerprint density at radius 3 is 2.33 bits per heavy atom. The van der Waals surface area contributed by atoms with E-state index in [-0.39, 0.29) is 30.9 Å². The molecule has 7 N–H and O–H groups in total. The maximum Gasteiger partial charge on any atom is 0.303 e. The van der Waals surface area contributed by atoms with Crippen LogP contribution in [0.15, 0.2) is 18.2 Å². The van der Waals surface area contributed by atoms with Gasteiger partial charge in [0.05, 0.1) is 12.7 Å². The number of aliphatic hydroxyl groups is 5. The van der Waals surface area contributed by atoms with Gasteiger partial charge in [-0.25, -0.2) is 0 Å². The van der Waals surface area contributed by atoms with Gasteiger partial charge >= 0.3 is 5.97 Å². The van der Waals surface area contributed by atoms with Gasteiger partial charge in [0.25, 0.3) is 0 Å². The first-order chi connectivity index (χ1) is 18.7. The summed E-state index contributed by atoms with van der Waals surface area (Å²) in [6.45, 7) is 7.60. The van der Waals surface area contributed by atoms with E-state index in [0.29, 0.717) is 5.56 Å². The fourth-order valence-corrected chi connectivity index (χ4v) is 5.26. The molecule has 1 aromatic carbocycles. The second kappa shape index (κ2) is 13.9. The van der Waals surface area contributed by atoms with Crippen molar-refractivity contribution in [3.63, 3.8) is 0 Å². The van der Waals surface area contributed by atoms with E-state index in [4.69, 9.17) is 28.8 Å². The van der Waals surface area contributed by atoms with E-state index in [1.807, 2.05) is 0 Å². The normalized spacial score (nSPS) is 34.9. The van der Waals surface area contributed by atoms with Crippen LogP contribution in [0.5, 0.6) is 11.5 Å². The molecule has 10 atom stereocenters. The van der Waals surface area contributed by atoms with Gasteiger partial charge in [0.2, 0.25) is 0 Å². The van der Waals surface area contributed by atoms with Crippen LogP contribution < -0.4 is 4.74 Å². The van der Waals surface area contributed by atoms with Crippen LogP contribution in [0.2, 0.25) is 25.7 Å². The molecule has 0 amide bonds. The first kappa shape index (κ1) is 32.7. The van der Waals surface area contributed by atoms with Gasteiger partial charge < -0.3 is 59.4 Å². The lowest BCUT2D eigenvalue weighted by molar-refractivity contribution is -0.354. The monoisotopic (exact) mass is 590 g/mol. The summed E-state index contributed by atoms with van der Waals surface area (Å²) in [5.74, 6) is -0.978. The first-order valence-corrected chi connectivity index (χ1v) is 17.0. The fraction of sp³-hybridized carbons (Fsp3) is 0.731. The molecule has 0 bridgehead atoms. The summed E-state index contributed by atoms with van der Waals surface area (Å²) in [6.07, 6.45) is -13.4. The zero-order valence-corrected chi connectivity index (χ0v) is 24.1. The Morgan fingerprint density at radius 2 is 1.70 bits per heavy atom. The van der Waals surface area contributed by atoms with Crippen LogP contribution in [0.4, 0.5) is 0 Å². The summed E-state index contributed by atoms with van der Waals surface area (Å²) in [5, 5.41) is 71.2. The van der Waals surface area contributed by atoms with Gasteiger partial charge in [0.15, 0.2) is 18.7 Å². The van der Waals surface area contributed by atoms with Gasteiger partial charge in [-0.05, 0) is 43.2 Å². The standard InChI is InChI=1S/C26H42O13Si/c1-13-19(31)20(32)21(33)26(36-13)39-23-22(37-15-6-7-16(28)14(11-15)5-8-18(29)30)17(12-27)38-25(34)24(23)35-9-10-40(2,3)4/h6-7,11,13,17,19-28,31-34H,5,8-10,12H2,1-4H3,(H,29,30)/t13-,17-,19+,20+,21-,22-,23+,24-,25-,26+/m1/s1. The minimum absolute atomic E-state index is 0.0320. The van der Waals surface area contributed by atoms with Crippen LogP contribution in [0.25, 0.3) is 0 Å². The minimum atomic E-state index is -1.65. The molecular formula is C26H42O13Si. The van der Waals surface area contributed by atoms with Crippen LogP contribution in [0, 0.1) is 0 Å². The number of carboxylic acids is 1. The maximum atomic E-state index is 11.0. The summed E-state index contributed by atoms with van der Waals surface area (Å²) in [5.41, 5.74) is 0.314. The van der Waals surface area contributed by atoms with E-state index in [1.54, 1.807) is 0 Å².